The van der Waals surface area contributed by atoms with Gasteiger partial charge in [0.2, 0.25) is 5.91 Å². The molecule has 0 aliphatic carbocycles. The maximum Gasteiger partial charge on any atom is 0.336 e. The highest BCUT2D eigenvalue weighted by atomic mass is 35.5. The highest BCUT2D eigenvalue weighted by Gasteiger charge is 2.18. The molecule has 1 aromatic heterocycles. The summed E-state index contributed by atoms with van der Waals surface area (Å²) in [6, 6.07) is 24.5. The Kier molecular flexibility index (Phi) is 8.16. The maximum absolute atomic E-state index is 13.1. The van der Waals surface area contributed by atoms with E-state index in [0.29, 0.717) is 26.6 Å². The minimum Gasteiger partial charge on any atom is -0.478 e. The van der Waals surface area contributed by atoms with Gasteiger partial charge in [-0.15, -0.1) is 23.1 Å². The quantitative estimate of drug-likeness (QED) is 0.161. The van der Waals surface area contributed by atoms with Crippen LogP contribution in [0.4, 0.5) is 10.8 Å². The average Bonchev–Trinajstić information content (AvgIpc) is 3.42. The van der Waals surface area contributed by atoms with Gasteiger partial charge in [0.05, 0.1) is 16.5 Å². The number of nitrogens with zero attached hydrogens (tertiary/aromatic N) is 1. The lowest BCUT2D eigenvalue weighted by atomic mass is 9.98. The van der Waals surface area contributed by atoms with E-state index < -0.39 is 17.1 Å². The molecule has 0 fully saturated rings. The average molecular weight is 588 g/mol. The summed E-state index contributed by atoms with van der Waals surface area (Å²) < 4.78 is 0. The number of aromatic carboxylic acids is 1. The molecule has 5 aromatic rings. The Morgan fingerprint density at radius 2 is 1.57 bits per heavy atom. The van der Waals surface area contributed by atoms with Crippen LogP contribution in [0.3, 0.4) is 0 Å². The summed E-state index contributed by atoms with van der Waals surface area (Å²) in [4.78, 5) is 42.9. The van der Waals surface area contributed by atoms with Gasteiger partial charge in [-0.2, -0.15) is 0 Å². The first-order valence-electron chi connectivity index (χ1n) is 12.1. The molecule has 0 spiro atoms. The molecule has 40 heavy (non-hydrogen) atoms. The number of amides is 2. The molecule has 4 aromatic carbocycles. The summed E-state index contributed by atoms with van der Waals surface area (Å²) in [6.45, 7) is 1.81. The van der Waals surface area contributed by atoms with Crippen LogP contribution in [0.25, 0.3) is 22.0 Å². The number of carbonyl (C=O) groups is 3. The lowest BCUT2D eigenvalue weighted by Crippen LogP contribution is -2.22. The zero-order valence-corrected chi connectivity index (χ0v) is 23.4. The van der Waals surface area contributed by atoms with Crippen LogP contribution in [0.1, 0.15) is 27.6 Å². The van der Waals surface area contributed by atoms with Crippen LogP contribution in [-0.4, -0.2) is 33.1 Å². The standard InChI is InChI=1S/C30H22ClN3O4S2/c1-17(27(35)34-30-33-25(16-39-30)18-8-10-20(31)11-9-18)40-22-14-12-21(13-15-22)32-28(36)23-6-2-4-19-5-3-7-24(26(19)23)29(37)38/h2-17H,1H3,(H,32,36)(H,37,38)(H,33,34,35). The number of hydrogen-bond donors (Lipinski definition) is 3. The number of fused-ring (bicyclic) bond motifs is 1. The van der Waals surface area contributed by atoms with E-state index in [4.69, 9.17) is 11.6 Å². The number of carbonyl (C=O) groups excluding carboxylic acids is 2. The van der Waals surface area contributed by atoms with Crippen molar-refractivity contribution in [1.82, 2.24) is 4.98 Å². The number of hydrogen-bond acceptors (Lipinski definition) is 6. The van der Waals surface area contributed by atoms with E-state index in [1.807, 2.05) is 36.6 Å². The molecule has 0 saturated heterocycles. The summed E-state index contributed by atoms with van der Waals surface area (Å²) in [7, 11) is 0. The molecule has 2 amide bonds. The molecule has 10 heteroatoms. The third-order valence-electron chi connectivity index (χ3n) is 6.05. The van der Waals surface area contributed by atoms with Crippen molar-refractivity contribution in [2.75, 3.05) is 10.6 Å². The second-order valence-electron chi connectivity index (χ2n) is 8.79. The largest absolute Gasteiger partial charge is 0.478 e. The number of nitrogens with one attached hydrogen (secondary N) is 2. The number of carboxylic acid groups (broad SMARTS) is 1. The van der Waals surface area contributed by atoms with E-state index in [9.17, 15) is 19.5 Å². The molecule has 0 saturated carbocycles. The molecule has 1 unspecified atom stereocenters. The molecule has 0 aliphatic rings. The van der Waals surface area contributed by atoms with E-state index >= 15 is 0 Å². The summed E-state index contributed by atoms with van der Waals surface area (Å²) >= 11 is 8.68. The first kappa shape index (κ1) is 27.4. The van der Waals surface area contributed by atoms with Gasteiger partial charge < -0.3 is 15.7 Å². The summed E-state index contributed by atoms with van der Waals surface area (Å²) in [5.41, 5.74) is 2.58. The van der Waals surface area contributed by atoms with Gasteiger partial charge in [-0.1, -0.05) is 48.0 Å². The van der Waals surface area contributed by atoms with Crippen LogP contribution < -0.4 is 10.6 Å². The topological polar surface area (TPSA) is 108 Å². The van der Waals surface area contributed by atoms with Gasteiger partial charge in [0, 0.05) is 37.5 Å². The fraction of sp³-hybridized carbons (Fsp3) is 0.0667. The number of thiazole rings is 1. The van der Waals surface area contributed by atoms with Crippen molar-refractivity contribution >= 4 is 74.1 Å². The second kappa shape index (κ2) is 11.9. The molecule has 3 N–H and O–H groups in total. The first-order chi connectivity index (χ1) is 19.3. The molecule has 5 rings (SSSR count). The van der Waals surface area contributed by atoms with Gasteiger partial charge in [0.15, 0.2) is 5.13 Å². The van der Waals surface area contributed by atoms with Gasteiger partial charge in [0.1, 0.15) is 0 Å². The van der Waals surface area contributed by atoms with Crippen molar-refractivity contribution in [1.29, 1.82) is 0 Å². The second-order valence-corrected chi connectivity index (χ2v) is 11.5. The summed E-state index contributed by atoms with van der Waals surface area (Å²) in [6.07, 6.45) is 0. The normalized spacial score (nSPS) is 11.7. The summed E-state index contributed by atoms with van der Waals surface area (Å²) in [5.74, 6) is -1.68. The Labute approximate surface area is 243 Å². The molecular formula is C30H22ClN3O4S2. The Balaban J connectivity index is 1.21. The predicted molar refractivity (Wildman–Crippen MR) is 162 cm³/mol. The molecule has 7 nitrogen and oxygen atoms in total. The minimum atomic E-state index is -1.10. The Morgan fingerprint density at radius 1 is 0.900 bits per heavy atom. The smallest absolute Gasteiger partial charge is 0.336 e. The third kappa shape index (κ3) is 6.17. The summed E-state index contributed by atoms with van der Waals surface area (Å²) in [5, 5.41) is 19.0. The number of rotatable bonds is 8. The van der Waals surface area contributed by atoms with Crippen molar-refractivity contribution in [3.63, 3.8) is 0 Å². The molecule has 0 radical (unpaired) electrons. The Hall–Kier alpha value is -4.18. The Morgan fingerprint density at radius 3 is 2.25 bits per heavy atom. The van der Waals surface area contributed by atoms with Crippen LogP contribution in [0.15, 0.2) is 95.2 Å². The zero-order chi connectivity index (χ0) is 28.2. The lowest BCUT2D eigenvalue weighted by molar-refractivity contribution is -0.115. The SMILES string of the molecule is CC(Sc1ccc(NC(=O)c2cccc3cccc(C(=O)O)c23)cc1)C(=O)Nc1nc(-c2ccc(Cl)cc2)cs1. The Bertz CT molecular complexity index is 1710. The van der Waals surface area contributed by atoms with Gasteiger partial charge in [-0.3, -0.25) is 9.59 Å². The number of aromatic nitrogens is 1. The number of halogens is 1. The molecule has 200 valence electrons. The van der Waals surface area contributed by atoms with E-state index in [0.717, 1.165) is 16.2 Å². The molecular weight excluding hydrogens is 566 g/mol. The van der Waals surface area contributed by atoms with Crippen LogP contribution in [0, 0.1) is 0 Å². The van der Waals surface area contributed by atoms with Crippen molar-refractivity contribution in [3.8, 4) is 11.3 Å². The van der Waals surface area contributed by atoms with Crippen molar-refractivity contribution in [3.05, 3.63) is 106 Å². The van der Waals surface area contributed by atoms with Gasteiger partial charge >= 0.3 is 5.97 Å². The van der Waals surface area contributed by atoms with Crippen molar-refractivity contribution in [2.24, 2.45) is 0 Å². The molecule has 1 heterocycles. The molecule has 1 atom stereocenters. The third-order valence-corrected chi connectivity index (χ3v) is 8.17. The minimum absolute atomic E-state index is 0.0706. The zero-order valence-electron chi connectivity index (χ0n) is 21.1. The van der Waals surface area contributed by atoms with Gasteiger partial charge in [0.25, 0.3) is 5.91 Å². The van der Waals surface area contributed by atoms with Crippen LogP contribution in [-0.2, 0) is 4.79 Å². The highest BCUT2D eigenvalue weighted by Crippen LogP contribution is 2.29. The van der Waals surface area contributed by atoms with E-state index in [1.54, 1.807) is 54.6 Å². The fourth-order valence-electron chi connectivity index (χ4n) is 4.07. The number of thioether (sulfide) groups is 1. The van der Waals surface area contributed by atoms with Crippen LogP contribution in [0.5, 0.6) is 0 Å². The van der Waals surface area contributed by atoms with Crippen LogP contribution >= 0.6 is 34.7 Å². The van der Waals surface area contributed by atoms with Crippen molar-refractivity contribution in [2.45, 2.75) is 17.1 Å². The maximum atomic E-state index is 13.1. The van der Waals surface area contributed by atoms with Gasteiger partial charge in [-0.05, 0) is 60.8 Å². The fourth-order valence-corrected chi connectivity index (χ4v) is 5.79. The van der Waals surface area contributed by atoms with E-state index in [-0.39, 0.29) is 17.0 Å². The number of anilines is 2. The molecule has 0 bridgehead atoms. The van der Waals surface area contributed by atoms with Crippen molar-refractivity contribution < 1.29 is 19.5 Å². The monoisotopic (exact) mass is 587 g/mol. The first-order valence-corrected chi connectivity index (χ1v) is 14.3. The lowest BCUT2D eigenvalue weighted by Gasteiger charge is -2.12. The van der Waals surface area contributed by atoms with Crippen LogP contribution in [0.2, 0.25) is 5.02 Å². The van der Waals surface area contributed by atoms with E-state index in [2.05, 4.69) is 15.6 Å². The number of carboxylic acids is 1. The number of benzene rings is 4. The van der Waals surface area contributed by atoms with E-state index in [1.165, 1.54) is 29.2 Å². The predicted octanol–water partition coefficient (Wildman–Crippen LogP) is 7.69. The van der Waals surface area contributed by atoms with Gasteiger partial charge in [-0.25, -0.2) is 9.78 Å². The molecule has 0 aliphatic heterocycles. The highest BCUT2D eigenvalue weighted by molar-refractivity contribution is 8.00.